The van der Waals surface area contributed by atoms with Gasteiger partial charge in [0.25, 0.3) is 0 Å². The molecule has 0 saturated heterocycles. The van der Waals surface area contributed by atoms with Crippen LogP contribution in [0.5, 0.6) is 0 Å². The van der Waals surface area contributed by atoms with Crippen molar-refractivity contribution in [3.8, 4) is 0 Å². The Hall–Kier alpha value is -0.890. The second-order valence-corrected chi connectivity index (χ2v) is 4.67. The van der Waals surface area contributed by atoms with E-state index >= 15 is 0 Å². The van der Waals surface area contributed by atoms with E-state index in [-0.39, 0.29) is 0 Å². The van der Waals surface area contributed by atoms with Crippen molar-refractivity contribution < 1.29 is 14.0 Å². The Kier molecular flexibility index (Phi) is 3.64. The van der Waals surface area contributed by atoms with Gasteiger partial charge in [-0.15, -0.1) is 6.58 Å². The summed E-state index contributed by atoms with van der Waals surface area (Å²) in [6, 6.07) is 8.30. The Morgan fingerprint density at radius 2 is 2.07 bits per heavy atom. The van der Waals surface area contributed by atoms with Crippen LogP contribution < -0.4 is 5.30 Å². The van der Waals surface area contributed by atoms with Crippen LogP contribution >= 0.6 is 7.60 Å². The third-order valence-electron chi connectivity index (χ3n) is 1.72. The molecule has 0 aliphatic heterocycles. The lowest BCUT2D eigenvalue weighted by Gasteiger charge is -2.15. The van der Waals surface area contributed by atoms with Gasteiger partial charge in [0, 0.05) is 0 Å². The minimum Gasteiger partial charge on any atom is -0.321 e. The minimum atomic E-state index is -3.69. The van der Waals surface area contributed by atoms with E-state index in [1.165, 1.54) is 6.08 Å². The van der Waals surface area contributed by atoms with Gasteiger partial charge in [-0.25, -0.2) is 0 Å². The fourth-order valence-corrected chi connectivity index (χ4v) is 2.15. The second-order valence-electron chi connectivity index (χ2n) is 2.90. The number of hydrogen-bond donors (Lipinski definition) is 1. The SMILES string of the molecule is C=CC(C)OP(=O)(O)c1ccccc1. The summed E-state index contributed by atoms with van der Waals surface area (Å²) in [6.07, 6.45) is 1.04. The Morgan fingerprint density at radius 3 is 2.57 bits per heavy atom. The summed E-state index contributed by atoms with van der Waals surface area (Å²) in [5, 5.41) is 0.300. The van der Waals surface area contributed by atoms with E-state index < -0.39 is 13.7 Å². The fourth-order valence-electron chi connectivity index (χ4n) is 0.946. The topological polar surface area (TPSA) is 46.5 Å². The summed E-state index contributed by atoms with van der Waals surface area (Å²) in [4.78, 5) is 9.57. The first-order valence-electron chi connectivity index (χ1n) is 4.25. The van der Waals surface area contributed by atoms with Gasteiger partial charge in [0.15, 0.2) is 0 Å². The lowest BCUT2D eigenvalue weighted by Crippen LogP contribution is -2.11. The van der Waals surface area contributed by atoms with E-state index in [0.29, 0.717) is 5.30 Å². The molecule has 0 saturated carbocycles. The van der Waals surface area contributed by atoms with Crippen molar-refractivity contribution in [1.82, 2.24) is 0 Å². The van der Waals surface area contributed by atoms with E-state index in [1.54, 1.807) is 37.3 Å². The summed E-state index contributed by atoms with van der Waals surface area (Å²) in [5.74, 6) is 0. The maximum atomic E-state index is 11.7. The van der Waals surface area contributed by atoms with Crippen LogP contribution in [0.25, 0.3) is 0 Å². The maximum Gasteiger partial charge on any atom is 0.359 e. The molecule has 0 aliphatic carbocycles. The van der Waals surface area contributed by atoms with Crippen LogP contribution in [0.3, 0.4) is 0 Å². The number of hydrogen-bond acceptors (Lipinski definition) is 2. The van der Waals surface area contributed by atoms with Crippen LogP contribution in [0.2, 0.25) is 0 Å². The Bertz CT molecular complexity index is 348. The first-order chi connectivity index (χ1) is 6.56. The van der Waals surface area contributed by atoms with Gasteiger partial charge in [0.05, 0.1) is 11.4 Å². The van der Waals surface area contributed by atoms with Crippen molar-refractivity contribution in [2.75, 3.05) is 0 Å². The Morgan fingerprint density at radius 1 is 1.50 bits per heavy atom. The summed E-state index contributed by atoms with van der Waals surface area (Å²) in [6.45, 7) is 5.15. The average molecular weight is 212 g/mol. The van der Waals surface area contributed by atoms with Crippen LogP contribution in [-0.4, -0.2) is 11.0 Å². The van der Waals surface area contributed by atoms with Crippen molar-refractivity contribution in [3.05, 3.63) is 43.0 Å². The molecule has 1 N–H and O–H groups in total. The zero-order valence-corrected chi connectivity index (χ0v) is 8.85. The highest BCUT2D eigenvalue weighted by atomic mass is 31.2. The first-order valence-corrected chi connectivity index (χ1v) is 5.83. The van der Waals surface area contributed by atoms with Gasteiger partial charge < -0.3 is 4.89 Å². The van der Waals surface area contributed by atoms with E-state index in [1.807, 2.05) is 0 Å². The molecule has 0 radical (unpaired) electrons. The van der Waals surface area contributed by atoms with Gasteiger partial charge in [-0.3, -0.25) is 9.09 Å². The molecule has 0 heterocycles. The normalized spacial score (nSPS) is 17.0. The Balaban J connectivity index is 2.86. The molecular formula is C10H13O3P. The van der Waals surface area contributed by atoms with Gasteiger partial charge in [0.1, 0.15) is 0 Å². The zero-order chi connectivity index (χ0) is 10.6. The standard InChI is InChI=1S/C10H13O3P/c1-3-9(2)13-14(11,12)10-7-5-4-6-8-10/h3-9H,1H2,2H3,(H,11,12). The molecule has 0 bridgehead atoms. The predicted octanol–water partition coefficient (Wildman–Crippen LogP) is 2.09. The van der Waals surface area contributed by atoms with Crippen molar-refractivity contribution in [2.24, 2.45) is 0 Å². The maximum absolute atomic E-state index is 11.7. The molecule has 2 unspecified atom stereocenters. The van der Waals surface area contributed by atoms with Crippen molar-refractivity contribution in [3.63, 3.8) is 0 Å². The molecule has 4 heteroatoms. The summed E-state index contributed by atoms with van der Waals surface area (Å²) in [7, 11) is -3.69. The quantitative estimate of drug-likeness (QED) is 0.614. The fraction of sp³-hybridized carbons (Fsp3) is 0.200. The number of benzene rings is 1. The van der Waals surface area contributed by atoms with Crippen LogP contribution in [0.15, 0.2) is 43.0 Å². The van der Waals surface area contributed by atoms with Crippen LogP contribution in [0.1, 0.15) is 6.92 Å². The lowest BCUT2D eigenvalue weighted by atomic mass is 10.4. The number of rotatable bonds is 4. The molecule has 1 aromatic carbocycles. The lowest BCUT2D eigenvalue weighted by molar-refractivity contribution is 0.234. The summed E-state index contributed by atoms with van der Waals surface area (Å²) < 4.78 is 16.6. The molecule has 1 rings (SSSR count). The monoisotopic (exact) mass is 212 g/mol. The highest BCUT2D eigenvalue weighted by Crippen LogP contribution is 2.41. The van der Waals surface area contributed by atoms with Crippen molar-refractivity contribution in [1.29, 1.82) is 0 Å². The molecule has 0 fully saturated rings. The molecule has 0 amide bonds. The van der Waals surface area contributed by atoms with Crippen LogP contribution in [0.4, 0.5) is 0 Å². The zero-order valence-electron chi connectivity index (χ0n) is 7.96. The van der Waals surface area contributed by atoms with Gasteiger partial charge >= 0.3 is 7.60 Å². The third kappa shape index (κ3) is 2.81. The highest BCUT2D eigenvalue weighted by Gasteiger charge is 2.23. The molecule has 0 spiro atoms. The van der Waals surface area contributed by atoms with Gasteiger partial charge in [-0.1, -0.05) is 24.3 Å². The average Bonchev–Trinajstić information content (AvgIpc) is 2.18. The van der Waals surface area contributed by atoms with E-state index in [4.69, 9.17) is 4.52 Å². The van der Waals surface area contributed by atoms with Gasteiger partial charge in [-0.2, -0.15) is 0 Å². The van der Waals surface area contributed by atoms with Crippen LogP contribution in [-0.2, 0) is 9.09 Å². The van der Waals surface area contributed by atoms with Crippen LogP contribution in [0, 0.1) is 0 Å². The molecule has 14 heavy (non-hydrogen) atoms. The Labute approximate surface area is 83.6 Å². The van der Waals surface area contributed by atoms with Gasteiger partial charge in [-0.05, 0) is 19.1 Å². The van der Waals surface area contributed by atoms with Crippen molar-refractivity contribution in [2.45, 2.75) is 13.0 Å². The molecular weight excluding hydrogens is 199 g/mol. The smallest absolute Gasteiger partial charge is 0.321 e. The van der Waals surface area contributed by atoms with E-state index in [2.05, 4.69) is 6.58 Å². The molecule has 76 valence electrons. The predicted molar refractivity (Wildman–Crippen MR) is 56.6 cm³/mol. The van der Waals surface area contributed by atoms with Gasteiger partial charge in [0.2, 0.25) is 0 Å². The molecule has 0 aliphatic rings. The highest BCUT2D eigenvalue weighted by molar-refractivity contribution is 7.61. The van der Waals surface area contributed by atoms with Crippen molar-refractivity contribution >= 4 is 12.9 Å². The van der Waals surface area contributed by atoms with E-state index in [9.17, 15) is 9.46 Å². The summed E-state index contributed by atoms with van der Waals surface area (Å²) >= 11 is 0. The molecule has 2 atom stereocenters. The van der Waals surface area contributed by atoms with E-state index in [0.717, 1.165) is 0 Å². The second kappa shape index (κ2) is 4.56. The molecule has 1 aromatic rings. The molecule has 3 nitrogen and oxygen atoms in total. The molecule has 0 aromatic heterocycles. The third-order valence-corrected chi connectivity index (χ3v) is 3.29. The summed E-state index contributed by atoms with van der Waals surface area (Å²) in [5.41, 5.74) is 0. The largest absolute Gasteiger partial charge is 0.359 e. The first kappa shape index (κ1) is 11.2. The minimum absolute atomic E-state index is 0.300.